The van der Waals surface area contributed by atoms with Crippen molar-refractivity contribution in [1.29, 1.82) is 0 Å². The number of fused-ring (bicyclic) bond motifs is 1. The summed E-state index contributed by atoms with van der Waals surface area (Å²) in [5.41, 5.74) is 2.01. The first kappa shape index (κ1) is 12.8. The maximum atomic E-state index is 9.65. The molecule has 0 unspecified atom stereocenters. The third-order valence-corrected chi connectivity index (χ3v) is 4.80. The summed E-state index contributed by atoms with van der Waals surface area (Å²) in [5.74, 6) is 0.958. The molecule has 108 valence electrons. The van der Waals surface area contributed by atoms with E-state index in [1.165, 1.54) is 4.88 Å². The Morgan fingerprint density at radius 3 is 2.90 bits per heavy atom. The molecule has 0 radical (unpaired) electrons. The quantitative estimate of drug-likeness (QED) is 0.789. The number of rotatable bonds is 2. The molecule has 0 aliphatic carbocycles. The third-order valence-electron chi connectivity index (χ3n) is 3.91. The van der Waals surface area contributed by atoms with Gasteiger partial charge in [-0.25, -0.2) is 9.50 Å². The second kappa shape index (κ2) is 5.13. The number of hydrogen-bond donors (Lipinski definition) is 1. The maximum Gasteiger partial charge on any atom is 0.154 e. The average Bonchev–Trinajstić information content (AvgIpc) is 3.16. The number of hydrogen-bond acceptors (Lipinski definition) is 5. The molecule has 1 aliphatic rings. The molecule has 1 saturated heterocycles. The van der Waals surface area contributed by atoms with E-state index in [2.05, 4.69) is 32.5 Å². The summed E-state index contributed by atoms with van der Waals surface area (Å²) in [5, 5.41) is 16.3. The zero-order valence-electron chi connectivity index (χ0n) is 11.5. The molecule has 1 fully saturated rings. The summed E-state index contributed by atoms with van der Waals surface area (Å²) in [6.07, 6.45) is 5.10. The number of aliphatic hydroxyl groups excluding tert-OH is 1. The number of nitrogens with zero attached hydrogens (tertiary/aromatic N) is 4. The van der Waals surface area contributed by atoms with Crippen molar-refractivity contribution in [2.75, 3.05) is 18.0 Å². The molecule has 21 heavy (non-hydrogen) atoms. The standard InChI is InChI=1S/C15H16N4OS/c20-11-3-6-18(7-4-11)15-13-10-12(14-2-1-9-21-14)17-19(13)8-5-16-15/h1-2,5,8-11,20H,3-4,6-7H2. The monoisotopic (exact) mass is 300 g/mol. The van der Waals surface area contributed by atoms with Crippen molar-refractivity contribution in [1.82, 2.24) is 14.6 Å². The minimum absolute atomic E-state index is 0.174. The lowest BCUT2D eigenvalue weighted by molar-refractivity contribution is 0.145. The predicted octanol–water partition coefficient (Wildman–Crippen LogP) is 2.42. The molecule has 0 aromatic carbocycles. The minimum Gasteiger partial charge on any atom is -0.393 e. The van der Waals surface area contributed by atoms with Gasteiger partial charge in [-0.1, -0.05) is 6.07 Å². The van der Waals surface area contributed by atoms with Gasteiger partial charge in [-0.15, -0.1) is 11.3 Å². The molecular formula is C15H16N4OS. The Labute approximate surface area is 126 Å². The van der Waals surface area contributed by atoms with Crippen LogP contribution in [0, 0.1) is 0 Å². The molecule has 1 aliphatic heterocycles. The Morgan fingerprint density at radius 1 is 1.29 bits per heavy atom. The van der Waals surface area contributed by atoms with Crippen LogP contribution in [0.3, 0.4) is 0 Å². The van der Waals surface area contributed by atoms with Crippen LogP contribution in [0.2, 0.25) is 0 Å². The molecule has 3 aromatic rings. The highest BCUT2D eigenvalue weighted by Gasteiger charge is 2.20. The number of anilines is 1. The van der Waals surface area contributed by atoms with Crippen molar-refractivity contribution in [2.45, 2.75) is 18.9 Å². The molecule has 1 N–H and O–H groups in total. The second-order valence-electron chi connectivity index (χ2n) is 5.31. The van der Waals surface area contributed by atoms with Gasteiger partial charge in [-0.3, -0.25) is 0 Å². The fourth-order valence-electron chi connectivity index (χ4n) is 2.77. The minimum atomic E-state index is -0.174. The van der Waals surface area contributed by atoms with E-state index in [9.17, 15) is 5.11 Å². The van der Waals surface area contributed by atoms with E-state index in [4.69, 9.17) is 0 Å². The highest BCUT2D eigenvalue weighted by molar-refractivity contribution is 7.13. The van der Waals surface area contributed by atoms with Crippen molar-refractivity contribution in [3.63, 3.8) is 0 Å². The molecule has 6 heteroatoms. The van der Waals surface area contributed by atoms with Gasteiger partial charge in [0.05, 0.1) is 11.0 Å². The molecule has 0 saturated carbocycles. The van der Waals surface area contributed by atoms with Crippen LogP contribution in [0.4, 0.5) is 5.82 Å². The lowest BCUT2D eigenvalue weighted by Crippen LogP contribution is -2.36. The summed E-state index contributed by atoms with van der Waals surface area (Å²) in [6.45, 7) is 1.68. The van der Waals surface area contributed by atoms with Crippen molar-refractivity contribution in [2.24, 2.45) is 0 Å². The molecule has 0 bridgehead atoms. The van der Waals surface area contributed by atoms with E-state index in [0.29, 0.717) is 0 Å². The molecule has 0 amide bonds. The van der Waals surface area contributed by atoms with Crippen LogP contribution in [0.15, 0.2) is 36.0 Å². The maximum absolute atomic E-state index is 9.65. The summed E-state index contributed by atoms with van der Waals surface area (Å²) in [7, 11) is 0. The van der Waals surface area contributed by atoms with Gasteiger partial charge in [-0.05, 0) is 30.4 Å². The molecule has 4 heterocycles. The Kier molecular flexibility index (Phi) is 3.12. The summed E-state index contributed by atoms with van der Waals surface area (Å²) >= 11 is 1.69. The normalized spacial score (nSPS) is 16.7. The Morgan fingerprint density at radius 2 is 2.14 bits per heavy atom. The Balaban J connectivity index is 1.76. The van der Waals surface area contributed by atoms with E-state index < -0.39 is 0 Å². The molecule has 5 nitrogen and oxygen atoms in total. The third kappa shape index (κ3) is 2.30. The van der Waals surface area contributed by atoms with Crippen LogP contribution in [-0.2, 0) is 0 Å². The van der Waals surface area contributed by atoms with E-state index in [0.717, 1.165) is 43.0 Å². The van der Waals surface area contributed by atoms with Gasteiger partial charge in [0.1, 0.15) is 11.2 Å². The zero-order valence-corrected chi connectivity index (χ0v) is 12.3. The number of aromatic nitrogens is 3. The van der Waals surface area contributed by atoms with Crippen LogP contribution in [0.1, 0.15) is 12.8 Å². The van der Waals surface area contributed by atoms with Gasteiger partial charge < -0.3 is 10.0 Å². The molecule has 0 spiro atoms. The molecule has 3 aromatic heterocycles. The fraction of sp³-hybridized carbons (Fsp3) is 0.333. The van der Waals surface area contributed by atoms with Crippen molar-refractivity contribution < 1.29 is 5.11 Å². The molecular weight excluding hydrogens is 284 g/mol. The van der Waals surface area contributed by atoms with Crippen molar-refractivity contribution >= 4 is 22.7 Å². The first-order valence-corrected chi connectivity index (χ1v) is 8.00. The van der Waals surface area contributed by atoms with Crippen LogP contribution in [0.5, 0.6) is 0 Å². The van der Waals surface area contributed by atoms with Gasteiger partial charge in [0.15, 0.2) is 5.82 Å². The van der Waals surface area contributed by atoms with Crippen molar-refractivity contribution in [3.8, 4) is 10.6 Å². The van der Waals surface area contributed by atoms with E-state index in [1.807, 2.05) is 16.8 Å². The Hall–Kier alpha value is -1.92. The van der Waals surface area contributed by atoms with Gasteiger partial charge >= 0.3 is 0 Å². The van der Waals surface area contributed by atoms with Gasteiger partial charge in [-0.2, -0.15) is 5.10 Å². The topological polar surface area (TPSA) is 53.7 Å². The summed E-state index contributed by atoms with van der Waals surface area (Å²) in [6, 6.07) is 6.21. The van der Waals surface area contributed by atoms with Crippen molar-refractivity contribution in [3.05, 3.63) is 36.0 Å². The SMILES string of the molecule is OC1CCN(c2nccn3nc(-c4cccs4)cc23)CC1. The van der Waals surface area contributed by atoms with Gasteiger partial charge in [0, 0.05) is 25.5 Å². The first-order valence-electron chi connectivity index (χ1n) is 7.12. The average molecular weight is 300 g/mol. The Bertz CT molecular complexity index is 744. The van der Waals surface area contributed by atoms with Gasteiger partial charge in [0.25, 0.3) is 0 Å². The van der Waals surface area contributed by atoms with Gasteiger partial charge in [0.2, 0.25) is 0 Å². The zero-order chi connectivity index (χ0) is 14.2. The highest BCUT2D eigenvalue weighted by atomic mass is 32.1. The number of piperidine rings is 1. The highest BCUT2D eigenvalue weighted by Crippen LogP contribution is 2.28. The predicted molar refractivity (Wildman–Crippen MR) is 83.8 cm³/mol. The first-order chi connectivity index (χ1) is 10.3. The number of thiophene rings is 1. The van der Waals surface area contributed by atoms with Crippen LogP contribution in [0.25, 0.3) is 16.1 Å². The van der Waals surface area contributed by atoms with Crippen LogP contribution >= 0.6 is 11.3 Å². The molecule has 0 atom stereocenters. The smallest absolute Gasteiger partial charge is 0.154 e. The largest absolute Gasteiger partial charge is 0.393 e. The summed E-state index contributed by atoms with van der Waals surface area (Å²) in [4.78, 5) is 7.94. The lowest BCUT2D eigenvalue weighted by atomic mass is 10.1. The van der Waals surface area contributed by atoms with Crippen LogP contribution < -0.4 is 4.90 Å². The fourth-order valence-corrected chi connectivity index (χ4v) is 3.46. The van der Waals surface area contributed by atoms with Crippen LogP contribution in [-0.4, -0.2) is 38.9 Å². The van der Waals surface area contributed by atoms with E-state index in [-0.39, 0.29) is 6.10 Å². The second-order valence-corrected chi connectivity index (χ2v) is 6.25. The van der Waals surface area contributed by atoms with E-state index >= 15 is 0 Å². The molecule has 4 rings (SSSR count). The lowest BCUT2D eigenvalue weighted by Gasteiger charge is -2.30. The number of aliphatic hydroxyl groups is 1. The van der Waals surface area contributed by atoms with E-state index in [1.54, 1.807) is 17.5 Å². The summed E-state index contributed by atoms with van der Waals surface area (Å²) < 4.78 is 1.89.